The normalized spacial score (nSPS) is 5.20. The molecule has 0 unspecified atom stereocenters. The van der Waals surface area contributed by atoms with Gasteiger partial charge in [-0.3, -0.25) is 0 Å². The summed E-state index contributed by atoms with van der Waals surface area (Å²) in [6, 6.07) is 0. The molecule has 0 N–H and O–H groups in total. The Bertz CT molecular complexity index is 33.8. The maximum atomic E-state index is 3.77. The summed E-state index contributed by atoms with van der Waals surface area (Å²) in [6.45, 7) is 5.26. The standard InChI is InChI=1S/C3H6S.Na.H/c1-3(2)4;;/h4H,1H2,2H3;;/q;+1;-1. The zero-order valence-electron chi connectivity index (χ0n) is 4.65. The fourth-order valence-electron chi connectivity index (χ4n) is 0. The van der Waals surface area contributed by atoms with Crippen LogP contribution in [0.5, 0.6) is 0 Å². The van der Waals surface area contributed by atoms with Crippen LogP contribution in [0, 0.1) is 0 Å². The van der Waals surface area contributed by atoms with E-state index in [9.17, 15) is 0 Å². The van der Waals surface area contributed by atoms with Gasteiger partial charge in [-0.25, -0.2) is 0 Å². The molecular formula is C3H7NaS. The van der Waals surface area contributed by atoms with Crippen molar-refractivity contribution in [2.24, 2.45) is 0 Å². The van der Waals surface area contributed by atoms with Gasteiger partial charge in [0.05, 0.1) is 0 Å². The van der Waals surface area contributed by atoms with Crippen LogP contribution in [0.15, 0.2) is 11.5 Å². The smallest absolute Gasteiger partial charge is 1.00 e. The zero-order chi connectivity index (χ0) is 3.58. The second-order valence-corrected chi connectivity index (χ2v) is 1.50. The van der Waals surface area contributed by atoms with E-state index in [0.29, 0.717) is 0 Å². The molecule has 0 saturated heterocycles. The van der Waals surface area contributed by atoms with Crippen molar-refractivity contribution >= 4 is 12.6 Å². The topological polar surface area (TPSA) is 0 Å². The molecule has 0 amide bonds. The van der Waals surface area contributed by atoms with Gasteiger partial charge in [0.15, 0.2) is 0 Å². The van der Waals surface area contributed by atoms with Gasteiger partial charge in [-0.05, 0) is 11.8 Å². The van der Waals surface area contributed by atoms with Crippen LogP contribution in [-0.2, 0) is 0 Å². The van der Waals surface area contributed by atoms with E-state index in [1.54, 1.807) is 0 Å². The fourth-order valence-corrected chi connectivity index (χ4v) is 0. The van der Waals surface area contributed by atoms with Gasteiger partial charge in [0, 0.05) is 0 Å². The number of rotatable bonds is 0. The summed E-state index contributed by atoms with van der Waals surface area (Å²) in [6.07, 6.45) is 0. The van der Waals surface area contributed by atoms with E-state index in [0.717, 1.165) is 4.91 Å². The van der Waals surface area contributed by atoms with E-state index in [4.69, 9.17) is 0 Å². The average Bonchev–Trinajstić information content (AvgIpc) is 0.811. The van der Waals surface area contributed by atoms with Crippen LogP contribution < -0.4 is 29.6 Å². The van der Waals surface area contributed by atoms with Gasteiger partial charge in [0.1, 0.15) is 0 Å². The summed E-state index contributed by atoms with van der Waals surface area (Å²) >= 11 is 3.77. The van der Waals surface area contributed by atoms with Gasteiger partial charge in [-0.1, -0.05) is 6.58 Å². The molecule has 0 nitrogen and oxygen atoms in total. The molecule has 0 aromatic heterocycles. The van der Waals surface area contributed by atoms with Gasteiger partial charge in [-0.2, -0.15) is 0 Å². The monoisotopic (exact) mass is 98.0 g/mol. The van der Waals surface area contributed by atoms with Crippen molar-refractivity contribution in [2.45, 2.75) is 6.92 Å². The minimum atomic E-state index is 0. The quantitative estimate of drug-likeness (QED) is 0.278. The molecule has 0 radical (unpaired) electrons. The molecule has 26 valence electrons. The predicted octanol–water partition coefficient (Wildman–Crippen LogP) is -1.43. The molecule has 5 heavy (non-hydrogen) atoms. The van der Waals surface area contributed by atoms with Gasteiger partial charge in [0.2, 0.25) is 0 Å². The first-order chi connectivity index (χ1) is 1.73. The van der Waals surface area contributed by atoms with Crippen molar-refractivity contribution in [3.63, 3.8) is 0 Å². The van der Waals surface area contributed by atoms with Crippen molar-refractivity contribution in [3.05, 3.63) is 11.5 Å². The van der Waals surface area contributed by atoms with E-state index in [2.05, 4.69) is 19.2 Å². The Morgan fingerprint density at radius 1 is 2.00 bits per heavy atom. The number of allylic oxidation sites excluding steroid dienone is 1. The third-order valence-electron chi connectivity index (χ3n) is 0. The van der Waals surface area contributed by atoms with Crippen molar-refractivity contribution < 1.29 is 31.0 Å². The Labute approximate surface area is 61.8 Å². The molecule has 0 atom stereocenters. The molecule has 0 fully saturated rings. The maximum Gasteiger partial charge on any atom is 1.00 e. The summed E-state index contributed by atoms with van der Waals surface area (Å²) in [5, 5.41) is 0. The van der Waals surface area contributed by atoms with E-state index in [1.165, 1.54) is 0 Å². The summed E-state index contributed by atoms with van der Waals surface area (Å²) in [5.41, 5.74) is 0. The minimum absolute atomic E-state index is 0. The van der Waals surface area contributed by atoms with Gasteiger partial charge >= 0.3 is 29.6 Å². The van der Waals surface area contributed by atoms with Crippen molar-refractivity contribution in [1.29, 1.82) is 0 Å². The van der Waals surface area contributed by atoms with Gasteiger partial charge in [0.25, 0.3) is 0 Å². The molecule has 0 aromatic carbocycles. The maximum absolute atomic E-state index is 3.77. The first-order valence-electron chi connectivity index (χ1n) is 1.08. The van der Waals surface area contributed by atoms with Crippen LogP contribution in [0.2, 0.25) is 0 Å². The van der Waals surface area contributed by atoms with E-state index in [1.807, 2.05) is 6.92 Å². The molecule has 0 saturated carbocycles. The molecular weight excluding hydrogens is 91.1 g/mol. The van der Waals surface area contributed by atoms with Crippen LogP contribution in [0.4, 0.5) is 0 Å². The molecule has 0 bridgehead atoms. The van der Waals surface area contributed by atoms with Crippen LogP contribution in [0.1, 0.15) is 8.35 Å². The number of thiol groups is 1. The summed E-state index contributed by atoms with van der Waals surface area (Å²) in [7, 11) is 0. The Hall–Kier alpha value is 1.09. The van der Waals surface area contributed by atoms with Crippen LogP contribution in [-0.4, -0.2) is 0 Å². The second-order valence-electron chi connectivity index (χ2n) is 0.735. The fraction of sp³-hybridized carbons (Fsp3) is 0.333. The predicted molar refractivity (Wildman–Crippen MR) is 24.9 cm³/mol. The average molecular weight is 98.1 g/mol. The Kier molecular flexibility index (Phi) is 9.60. The molecule has 2 heteroatoms. The van der Waals surface area contributed by atoms with Crippen LogP contribution in [0.25, 0.3) is 0 Å². The summed E-state index contributed by atoms with van der Waals surface area (Å²) < 4.78 is 0. The van der Waals surface area contributed by atoms with Crippen molar-refractivity contribution in [2.75, 3.05) is 0 Å². The minimum Gasteiger partial charge on any atom is -1.00 e. The number of hydrogen-bond acceptors (Lipinski definition) is 1. The first-order valence-corrected chi connectivity index (χ1v) is 1.52. The molecule has 0 spiro atoms. The third kappa shape index (κ3) is 40.9. The molecule has 0 aliphatic heterocycles. The second kappa shape index (κ2) is 5.09. The van der Waals surface area contributed by atoms with E-state index < -0.39 is 0 Å². The summed E-state index contributed by atoms with van der Waals surface area (Å²) in [4.78, 5) is 0.861. The van der Waals surface area contributed by atoms with E-state index >= 15 is 0 Å². The first kappa shape index (κ1) is 9.43. The zero-order valence-corrected chi connectivity index (χ0v) is 6.55. The van der Waals surface area contributed by atoms with Crippen LogP contribution >= 0.6 is 12.6 Å². The number of hydrogen-bond donors (Lipinski definition) is 1. The largest absolute Gasteiger partial charge is 1.00 e. The Morgan fingerprint density at radius 2 is 2.00 bits per heavy atom. The van der Waals surface area contributed by atoms with E-state index in [-0.39, 0.29) is 31.0 Å². The van der Waals surface area contributed by atoms with Gasteiger partial charge < -0.3 is 1.43 Å². The SMILES string of the molecule is C=C(C)S.[H-].[Na+]. The Morgan fingerprint density at radius 3 is 2.00 bits per heavy atom. The molecule has 0 rings (SSSR count). The summed E-state index contributed by atoms with van der Waals surface area (Å²) in [5.74, 6) is 0. The molecule has 0 aliphatic carbocycles. The van der Waals surface area contributed by atoms with Gasteiger partial charge in [-0.15, -0.1) is 12.6 Å². The molecule has 0 aromatic rings. The van der Waals surface area contributed by atoms with Crippen LogP contribution in [0.3, 0.4) is 0 Å². The molecule has 0 heterocycles. The molecule has 0 aliphatic rings. The Balaban J connectivity index is -0.0000000450. The van der Waals surface area contributed by atoms with Crippen molar-refractivity contribution in [3.8, 4) is 0 Å². The van der Waals surface area contributed by atoms with Crippen molar-refractivity contribution in [1.82, 2.24) is 0 Å². The third-order valence-corrected chi connectivity index (χ3v) is 0.